The minimum absolute atomic E-state index is 0.189. The second-order valence-corrected chi connectivity index (χ2v) is 11.7. The van der Waals surface area contributed by atoms with Crippen molar-refractivity contribution in [3.05, 3.63) is 57.2 Å². The first-order chi connectivity index (χ1) is 18.3. The van der Waals surface area contributed by atoms with Crippen LogP contribution in [0.1, 0.15) is 75.7 Å². The number of hydrogen-bond donors (Lipinski definition) is 2. The number of thioether (sulfide) groups is 1. The molecule has 0 saturated carbocycles. The number of esters is 1. The molecule has 0 saturated heterocycles. The smallest absolute Gasteiger partial charge is 0.341 e. The topological polar surface area (TPSA) is 115 Å². The molecule has 0 unspecified atom stereocenters. The number of fused-ring (bicyclic) bond motifs is 1. The summed E-state index contributed by atoms with van der Waals surface area (Å²) in [7, 11) is 1.80. The van der Waals surface area contributed by atoms with Gasteiger partial charge in [-0.05, 0) is 64.2 Å². The Labute approximate surface area is 230 Å². The van der Waals surface area contributed by atoms with Gasteiger partial charge in [-0.1, -0.05) is 35.9 Å². The highest BCUT2D eigenvalue weighted by Crippen LogP contribution is 2.38. The third-order valence-electron chi connectivity index (χ3n) is 6.40. The highest BCUT2D eigenvalue weighted by Gasteiger charge is 2.28. The normalized spacial score (nSPS) is 13.8. The molecule has 2 aromatic heterocycles. The number of anilines is 1. The summed E-state index contributed by atoms with van der Waals surface area (Å²) in [6.45, 7) is 6.00. The van der Waals surface area contributed by atoms with Gasteiger partial charge in [-0.3, -0.25) is 9.59 Å². The predicted octanol–water partition coefficient (Wildman–Crippen LogP) is 4.68. The molecule has 0 bridgehead atoms. The van der Waals surface area contributed by atoms with Crippen LogP contribution in [0.25, 0.3) is 0 Å². The Kier molecular flexibility index (Phi) is 9.22. The fourth-order valence-electron chi connectivity index (χ4n) is 4.32. The van der Waals surface area contributed by atoms with E-state index in [0.29, 0.717) is 27.1 Å². The monoisotopic (exact) mass is 555 g/mol. The van der Waals surface area contributed by atoms with Crippen LogP contribution in [0.4, 0.5) is 5.00 Å². The quantitative estimate of drug-likeness (QED) is 0.224. The molecule has 1 aliphatic carbocycles. The number of rotatable bonds is 9. The number of aryl methyl sites for hydroxylation is 2. The minimum atomic E-state index is -0.496. The van der Waals surface area contributed by atoms with Crippen LogP contribution in [0.3, 0.4) is 0 Å². The standard InChI is InChI=1S/C27H33N5O4S2/c1-5-36-26(35)22-19-12-7-6-8-13-20(19)38-25(22)29-23(33)17(3)37-27-31-30-21(32(27)4)15-28-24(34)18-11-9-10-16(2)14-18/h9-11,14,17H,5-8,12-13,15H2,1-4H3,(H,28,34)(H,29,33)/t17-/m0/s1. The first-order valence-electron chi connectivity index (χ1n) is 12.8. The lowest BCUT2D eigenvalue weighted by Gasteiger charge is -2.12. The Morgan fingerprint density at radius 2 is 1.97 bits per heavy atom. The number of nitrogens with one attached hydrogen (secondary N) is 2. The van der Waals surface area contributed by atoms with E-state index in [9.17, 15) is 14.4 Å². The Balaban J connectivity index is 1.41. The van der Waals surface area contributed by atoms with Gasteiger partial charge in [-0.25, -0.2) is 4.79 Å². The van der Waals surface area contributed by atoms with E-state index in [2.05, 4.69) is 20.8 Å². The van der Waals surface area contributed by atoms with Gasteiger partial charge in [0.25, 0.3) is 5.91 Å². The number of carbonyl (C=O) groups excluding carboxylic acids is 3. The van der Waals surface area contributed by atoms with Gasteiger partial charge in [0, 0.05) is 17.5 Å². The largest absolute Gasteiger partial charge is 0.462 e. The average molecular weight is 556 g/mol. The summed E-state index contributed by atoms with van der Waals surface area (Å²) >= 11 is 2.75. The zero-order valence-corrected chi connectivity index (χ0v) is 23.8. The van der Waals surface area contributed by atoms with Crippen molar-refractivity contribution in [3.8, 4) is 0 Å². The number of nitrogens with zero attached hydrogens (tertiary/aromatic N) is 3. The van der Waals surface area contributed by atoms with Gasteiger partial charge in [-0.15, -0.1) is 21.5 Å². The van der Waals surface area contributed by atoms with Crippen molar-refractivity contribution in [3.63, 3.8) is 0 Å². The van der Waals surface area contributed by atoms with Crippen LogP contribution in [0.2, 0.25) is 0 Å². The Bertz CT molecular complexity index is 1330. The van der Waals surface area contributed by atoms with Gasteiger partial charge in [-0.2, -0.15) is 0 Å². The first kappa shape index (κ1) is 27.8. The minimum Gasteiger partial charge on any atom is -0.462 e. The molecule has 0 aliphatic heterocycles. The predicted molar refractivity (Wildman–Crippen MR) is 149 cm³/mol. The van der Waals surface area contributed by atoms with E-state index in [1.807, 2.05) is 25.1 Å². The number of benzene rings is 1. The number of thiophene rings is 1. The SMILES string of the molecule is CCOC(=O)c1c(NC(=O)[C@H](C)Sc2nnc(CNC(=O)c3cccc(C)c3)n2C)sc2c1CCCCC2. The molecule has 1 aliphatic rings. The molecule has 38 heavy (non-hydrogen) atoms. The zero-order chi connectivity index (χ0) is 27.2. The van der Waals surface area contributed by atoms with E-state index in [1.165, 1.54) is 23.1 Å². The highest BCUT2D eigenvalue weighted by atomic mass is 32.2. The first-order valence-corrected chi connectivity index (χ1v) is 14.5. The molecule has 9 nitrogen and oxygen atoms in total. The number of ether oxygens (including phenoxy) is 1. The average Bonchev–Trinajstić information content (AvgIpc) is 3.31. The summed E-state index contributed by atoms with van der Waals surface area (Å²) in [6.07, 6.45) is 4.97. The van der Waals surface area contributed by atoms with Gasteiger partial charge in [0.15, 0.2) is 11.0 Å². The maximum atomic E-state index is 13.2. The van der Waals surface area contributed by atoms with Crippen LogP contribution in [-0.4, -0.2) is 44.4 Å². The van der Waals surface area contributed by atoms with Gasteiger partial charge >= 0.3 is 5.97 Å². The van der Waals surface area contributed by atoms with Crippen molar-refractivity contribution in [1.82, 2.24) is 20.1 Å². The molecule has 2 N–H and O–H groups in total. The lowest BCUT2D eigenvalue weighted by atomic mass is 10.1. The molecular weight excluding hydrogens is 522 g/mol. The molecule has 0 radical (unpaired) electrons. The van der Waals surface area contributed by atoms with E-state index < -0.39 is 5.25 Å². The van der Waals surface area contributed by atoms with Crippen LogP contribution in [-0.2, 0) is 36.0 Å². The van der Waals surface area contributed by atoms with E-state index >= 15 is 0 Å². The lowest BCUT2D eigenvalue weighted by Crippen LogP contribution is -2.25. The summed E-state index contributed by atoms with van der Waals surface area (Å²) in [4.78, 5) is 39.6. The van der Waals surface area contributed by atoms with Crippen LogP contribution >= 0.6 is 23.1 Å². The van der Waals surface area contributed by atoms with Crippen LogP contribution in [0.5, 0.6) is 0 Å². The second kappa shape index (κ2) is 12.6. The molecule has 1 atom stereocenters. The maximum absolute atomic E-state index is 13.2. The third-order valence-corrected chi connectivity index (χ3v) is 8.74. The van der Waals surface area contributed by atoms with Gasteiger partial charge in [0.2, 0.25) is 5.91 Å². The molecule has 2 amide bonds. The van der Waals surface area contributed by atoms with Gasteiger partial charge in [0.1, 0.15) is 5.00 Å². The van der Waals surface area contributed by atoms with Crippen molar-refractivity contribution in [2.45, 2.75) is 69.8 Å². The Hall–Kier alpha value is -3.18. The lowest BCUT2D eigenvalue weighted by molar-refractivity contribution is -0.115. The van der Waals surface area contributed by atoms with Gasteiger partial charge < -0.3 is 19.9 Å². The summed E-state index contributed by atoms with van der Waals surface area (Å²) < 4.78 is 7.09. The Morgan fingerprint density at radius 1 is 1.18 bits per heavy atom. The summed E-state index contributed by atoms with van der Waals surface area (Å²) in [5.74, 6) is -0.222. The van der Waals surface area contributed by atoms with Crippen LogP contribution in [0.15, 0.2) is 29.4 Å². The van der Waals surface area contributed by atoms with E-state index in [0.717, 1.165) is 48.1 Å². The molecule has 11 heteroatoms. The van der Waals surface area contributed by atoms with E-state index in [1.54, 1.807) is 31.5 Å². The Morgan fingerprint density at radius 3 is 2.74 bits per heavy atom. The third kappa shape index (κ3) is 6.44. The van der Waals surface area contributed by atoms with E-state index in [4.69, 9.17) is 4.74 Å². The number of aromatic nitrogens is 3. The highest BCUT2D eigenvalue weighted by molar-refractivity contribution is 8.00. The van der Waals surface area contributed by atoms with Crippen molar-refractivity contribution in [2.75, 3.05) is 11.9 Å². The van der Waals surface area contributed by atoms with Crippen LogP contribution < -0.4 is 10.6 Å². The molecule has 4 rings (SSSR count). The number of carbonyl (C=O) groups is 3. The fraction of sp³-hybridized carbons (Fsp3) is 0.444. The number of amides is 2. The van der Waals surface area contributed by atoms with E-state index in [-0.39, 0.29) is 30.9 Å². The zero-order valence-electron chi connectivity index (χ0n) is 22.1. The second-order valence-electron chi connectivity index (χ2n) is 9.25. The van der Waals surface area contributed by atoms with Crippen molar-refractivity contribution < 1.29 is 19.1 Å². The summed E-state index contributed by atoms with van der Waals surface area (Å²) in [5, 5.41) is 14.9. The van der Waals surface area contributed by atoms with Crippen molar-refractivity contribution in [2.24, 2.45) is 7.05 Å². The number of hydrogen-bond acceptors (Lipinski definition) is 8. The van der Waals surface area contributed by atoms with Crippen LogP contribution in [0, 0.1) is 6.92 Å². The molecule has 2 heterocycles. The molecule has 0 fully saturated rings. The van der Waals surface area contributed by atoms with Crippen molar-refractivity contribution >= 4 is 45.9 Å². The maximum Gasteiger partial charge on any atom is 0.341 e. The molecular formula is C27H33N5O4S2. The summed E-state index contributed by atoms with van der Waals surface area (Å²) in [5.41, 5.74) is 3.12. The van der Waals surface area contributed by atoms with Crippen molar-refractivity contribution in [1.29, 1.82) is 0 Å². The molecule has 1 aromatic carbocycles. The fourth-order valence-corrected chi connectivity index (χ4v) is 6.44. The van der Waals surface area contributed by atoms with Gasteiger partial charge in [0.05, 0.1) is 24.0 Å². The molecule has 0 spiro atoms. The summed E-state index contributed by atoms with van der Waals surface area (Å²) in [6, 6.07) is 7.37. The molecule has 3 aromatic rings. The molecule has 202 valence electrons.